The van der Waals surface area contributed by atoms with Crippen molar-refractivity contribution in [1.82, 2.24) is 5.32 Å². The van der Waals surface area contributed by atoms with E-state index < -0.39 is 0 Å². The fourth-order valence-electron chi connectivity index (χ4n) is 3.34. The third kappa shape index (κ3) is 5.03. The maximum absolute atomic E-state index is 5.65. The number of hydrogen-bond acceptors (Lipinski definition) is 2. The summed E-state index contributed by atoms with van der Waals surface area (Å²) < 4.78 is 5.65. The summed E-state index contributed by atoms with van der Waals surface area (Å²) in [5.41, 5.74) is 1.36. The van der Waals surface area contributed by atoms with Crippen LogP contribution in [0.4, 0.5) is 0 Å². The molecule has 0 heterocycles. The molecule has 1 aliphatic rings. The first kappa shape index (κ1) is 16.4. The van der Waals surface area contributed by atoms with Crippen molar-refractivity contribution in [2.24, 2.45) is 5.92 Å². The monoisotopic (exact) mass is 289 g/mol. The molecule has 0 radical (unpaired) electrons. The molecule has 1 N–H and O–H groups in total. The molecule has 3 atom stereocenters. The molecule has 0 amide bonds. The van der Waals surface area contributed by atoms with Crippen molar-refractivity contribution in [1.29, 1.82) is 0 Å². The Balaban J connectivity index is 1.86. The van der Waals surface area contributed by atoms with Crippen LogP contribution < -0.4 is 10.1 Å². The van der Waals surface area contributed by atoms with E-state index in [1.165, 1.54) is 37.7 Å². The molecule has 2 heteroatoms. The van der Waals surface area contributed by atoms with Crippen molar-refractivity contribution < 1.29 is 4.74 Å². The lowest BCUT2D eigenvalue weighted by Crippen LogP contribution is -2.35. The van der Waals surface area contributed by atoms with Gasteiger partial charge in [0.1, 0.15) is 5.75 Å². The van der Waals surface area contributed by atoms with Crippen LogP contribution in [0.3, 0.4) is 0 Å². The van der Waals surface area contributed by atoms with Gasteiger partial charge >= 0.3 is 0 Å². The number of nitrogens with one attached hydrogen (secondary N) is 1. The minimum Gasteiger partial charge on any atom is -0.494 e. The third-order valence-electron chi connectivity index (χ3n) is 4.70. The van der Waals surface area contributed by atoms with Gasteiger partial charge in [-0.25, -0.2) is 0 Å². The van der Waals surface area contributed by atoms with Gasteiger partial charge < -0.3 is 10.1 Å². The molecule has 1 aromatic rings. The average Bonchev–Trinajstić information content (AvgIpc) is 2.53. The summed E-state index contributed by atoms with van der Waals surface area (Å²) in [5, 5.41) is 3.82. The Morgan fingerprint density at radius 3 is 2.62 bits per heavy atom. The van der Waals surface area contributed by atoms with Crippen molar-refractivity contribution >= 4 is 0 Å². The first-order valence-electron chi connectivity index (χ1n) is 8.71. The second kappa shape index (κ2) is 8.43. The number of ether oxygens (including phenoxy) is 1. The van der Waals surface area contributed by atoms with E-state index in [9.17, 15) is 0 Å². The Hall–Kier alpha value is -1.02. The van der Waals surface area contributed by atoms with Crippen LogP contribution in [-0.2, 0) is 0 Å². The SMILES string of the molecule is CCCOc1ccc(C(C)NC2CCCC(CC)C2)cc1. The van der Waals surface area contributed by atoms with Crippen LogP contribution in [0, 0.1) is 5.92 Å². The largest absolute Gasteiger partial charge is 0.494 e. The lowest BCUT2D eigenvalue weighted by molar-refractivity contribution is 0.266. The molecule has 0 spiro atoms. The van der Waals surface area contributed by atoms with Gasteiger partial charge in [0, 0.05) is 12.1 Å². The molecular weight excluding hydrogens is 258 g/mol. The van der Waals surface area contributed by atoms with E-state index in [4.69, 9.17) is 4.74 Å². The molecule has 21 heavy (non-hydrogen) atoms. The third-order valence-corrected chi connectivity index (χ3v) is 4.70. The van der Waals surface area contributed by atoms with Gasteiger partial charge in [-0.05, 0) is 49.8 Å². The highest BCUT2D eigenvalue weighted by Gasteiger charge is 2.22. The highest BCUT2D eigenvalue weighted by molar-refractivity contribution is 5.29. The highest BCUT2D eigenvalue weighted by atomic mass is 16.5. The maximum atomic E-state index is 5.65. The Morgan fingerprint density at radius 2 is 1.95 bits per heavy atom. The van der Waals surface area contributed by atoms with Gasteiger partial charge in [-0.2, -0.15) is 0 Å². The van der Waals surface area contributed by atoms with Crippen LogP contribution in [0.15, 0.2) is 24.3 Å². The normalized spacial score (nSPS) is 23.8. The van der Waals surface area contributed by atoms with Crippen molar-refractivity contribution in [3.05, 3.63) is 29.8 Å². The van der Waals surface area contributed by atoms with Gasteiger partial charge in [0.2, 0.25) is 0 Å². The predicted molar refractivity (Wildman–Crippen MR) is 89.8 cm³/mol. The van der Waals surface area contributed by atoms with Crippen molar-refractivity contribution in [3.63, 3.8) is 0 Å². The van der Waals surface area contributed by atoms with E-state index in [-0.39, 0.29) is 0 Å². The van der Waals surface area contributed by atoms with Gasteiger partial charge in [-0.15, -0.1) is 0 Å². The molecule has 1 aromatic carbocycles. The molecule has 1 fully saturated rings. The quantitative estimate of drug-likeness (QED) is 0.754. The van der Waals surface area contributed by atoms with E-state index in [2.05, 4.69) is 50.4 Å². The molecule has 0 aromatic heterocycles. The van der Waals surface area contributed by atoms with Crippen molar-refractivity contribution in [2.75, 3.05) is 6.61 Å². The number of hydrogen-bond donors (Lipinski definition) is 1. The summed E-state index contributed by atoms with van der Waals surface area (Å²) >= 11 is 0. The fraction of sp³-hybridized carbons (Fsp3) is 0.684. The van der Waals surface area contributed by atoms with Gasteiger partial charge in [0.15, 0.2) is 0 Å². The summed E-state index contributed by atoms with van der Waals surface area (Å²) in [4.78, 5) is 0. The molecule has 0 saturated heterocycles. The summed E-state index contributed by atoms with van der Waals surface area (Å²) in [5.74, 6) is 1.91. The van der Waals surface area contributed by atoms with Crippen LogP contribution in [0.5, 0.6) is 5.75 Å². The zero-order chi connectivity index (χ0) is 15.1. The van der Waals surface area contributed by atoms with Gasteiger partial charge in [-0.1, -0.05) is 45.2 Å². The molecule has 118 valence electrons. The van der Waals surface area contributed by atoms with E-state index in [1.807, 2.05) is 0 Å². The molecule has 0 bridgehead atoms. The van der Waals surface area contributed by atoms with Gasteiger partial charge in [0.25, 0.3) is 0 Å². The van der Waals surface area contributed by atoms with Crippen LogP contribution in [0.25, 0.3) is 0 Å². The van der Waals surface area contributed by atoms with E-state index >= 15 is 0 Å². The predicted octanol–water partition coefficient (Wildman–Crippen LogP) is 5.09. The molecular formula is C19H31NO. The Kier molecular flexibility index (Phi) is 6.56. The standard InChI is InChI=1S/C19H31NO/c1-4-13-21-19-11-9-17(10-12-19)15(3)20-18-8-6-7-16(5-2)14-18/h9-12,15-16,18,20H,4-8,13-14H2,1-3H3. The molecule has 2 nitrogen and oxygen atoms in total. The van der Waals surface area contributed by atoms with Crippen LogP contribution in [0.1, 0.15) is 70.9 Å². The van der Waals surface area contributed by atoms with Crippen molar-refractivity contribution in [3.8, 4) is 5.75 Å². The summed E-state index contributed by atoms with van der Waals surface area (Å²) in [6.07, 6.45) is 7.87. The number of benzene rings is 1. The molecule has 1 saturated carbocycles. The molecule has 1 aliphatic carbocycles. The second-order valence-corrected chi connectivity index (χ2v) is 6.44. The topological polar surface area (TPSA) is 21.3 Å². The average molecular weight is 289 g/mol. The smallest absolute Gasteiger partial charge is 0.119 e. The maximum Gasteiger partial charge on any atom is 0.119 e. The first-order chi connectivity index (χ1) is 10.2. The zero-order valence-electron chi connectivity index (χ0n) is 13.9. The second-order valence-electron chi connectivity index (χ2n) is 6.44. The summed E-state index contributed by atoms with van der Waals surface area (Å²) in [6.45, 7) is 7.53. The van der Waals surface area contributed by atoms with Crippen LogP contribution in [0.2, 0.25) is 0 Å². The summed E-state index contributed by atoms with van der Waals surface area (Å²) in [7, 11) is 0. The molecule has 0 aliphatic heterocycles. The van der Waals surface area contributed by atoms with Crippen molar-refractivity contribution in [2.45, 2.75) is 71.4 Å². The summed E-state index contributed by atoms with van der Waals surface area (Å²) in [6, 6.07) is 9.70. The Labute approximate surface area is 130 Å². The fourth-order valence-corrected chi connectivity index (χ4v) is 3.34. The highest BCUT2D eigenvalue weighted by Crippen LogP contribution is 2.28. The van der Waals surface area contributed by atoms with E-state index in [1.54, 1.807) is 0 Å². The van der Waals surface area contributed by atoms with Crippen LogP contribution in [-0.4, -0.2) is 12.6 Å². The van der Waals surface area contributed by atoms with E-state index in [0.717, 1.165) is 24.7 Å². The first-order valence-corrected chi connectivity index (χ1v) is 8.71. The Bertz CT molecular complexity index is 401. The molecule has 3 unspecified atom stereocenters. The Morgan fingerprint density at radius 1 is 1.19 bits per heavy atom. The lowest BCUT2D eigenvalue weighted by Gasteiger charge is -2.31. The minimum atomic E-state index is 0.422. The zero-order valence-corrected chi connectivity index (χ0v) is 13.9. The van der Waals surface area contributed by atoms with Gasteiger partial charge in [0.05, 0.1) is 6.61 Å². The van der Waals surface area contributed by atoms with Crippen LogP contribution >= 0.6 is 0 Å². The molecule has 2 rings (SSSR count). The minimum absolute atomic E-state index is 0.422. The van der Waals surface area contributed by atoms with Gasteiger partial charge in [-0.3, -0.25) is 0 Å². The lowest BCUT2D eigenvalue weighted by atomic mass is 9.84. The number of rotatable bonds is 7. The van der Waals surface area contributed by atoms with E-state index in [0.29, 0.717) is 12.1 Å².